The molecule has 5 nitrogen and oxygen atoms in total. The number of allylic oxidation sites excluding steroid dienone is 3. The highest BCUT2D eigenvalue weighted by Gasteiger charge is 2.58. The summed E-state index contributed by atoms with van der Waals surface area (Å²) in [6.07, 6.45) is 11.5. The van der Waals surface area contributed by atoms with Crippen LogP contribution in [-0.2, 0) is 16.0 Å². The molecule has 5 atom stereocenters. The lowest BCUT2D eigenvalue weighted by Crippen LogP contribution is -2.57. The first-order chi connectivity index (χ1) is 17.8. The van der Waals surface area contributed by atoms with Crippen LogP contribution in [0.1, 0.15) is 116 Å². The number of ether oxygens (including phenoxy) is 1. The zero-order valence-corrected chi connectivity index (χ0v) is 24.9. The molecule has 5 heteroatoms. The van der Waals surface area contributed by atoms with Crippen molar-refractivity contribution in [3.63, 3.8) is 0 Å². The summed E-state index contributed by atoms with van der Waals surface area (Å²) in [5.74, 6) is 0.782. The molecule has 3 rings (SSSR count). The van der Waals surface area contributed by atoms with E-state index in [1.807, 2.05) is 0 Å². The van der Waals surface area contributed by atoms with E-state index in [0.717, 1.165) is 63.4 Å². The molecule has 0 amide bonds. The third kappa shape index (κ3) is 6.13. The Labute approximate surface area is 229 Å². The van der Waals surface area contributed by atoms with Gasteiger partial charge in [0.1, 0.15) is 17.6 Å². The molecule has 1 aromatic heterocycles. The van der Waals surface area contributed by atoms with Gasteiger partial charge in [-0.05, 0) is 96.3 Å². The number of hydrogen-bond acceptors (Lipinski definition) is 5. The molecule has 2 fully saturated rings. The number of unbranched alkanes of at least 4 members (excludes halogenated alkanes) is 2. The minimum atomic E-state index is -0.454. The lowest BCUT2D eigenvalue weighted by atomic mass is 9.45. The number of rotatable bonds is 10. The maximum absolute atomic E-state index is 12.9. The van der Waals surface area contributed by atoms with Gasteiger partial charge < -0.3 is 14.3 Å². The molecule has 1 aromatic rings. The van der Waals surface area contributed by atoms with E-state index in [1.165, 1.54) is 5.57 Å². The van der Waals surface area contributed by atoms with Crippen molar-refractivity contribution in [2.24, 2.45) is 22.7 Å². The first kappa shape index (κ1) is 30.2. The number of esters is 1. The minimum absolute atomic E-state index is 0.0427. The van der Waals surface area contributed by atoms with E-state index in [4.69, 9.17) is 9.15 Å². The van der Waals surface area contributed by atoms with Crippen LogP contribution in [-0.4, -0.2) is 17.2 Å². The summed E-state index contributed by atoms with van der Waals surface area (Å²) >= 11 is 0. The molecule has 212 valence electrons. The summed E-state index contributed by atoms with van der Waals surface area (Å²) < 4.78 is 11.7. The smallest absolute Gasteiger partial charge is 0.342 e. The highest BCUT2D eigenvalue weighted by atomic mass is 16.5. The Hall–Kier alpha value is -2.30. The van der Waals surface area contributed by atoms with Crippen molar-refractivity contribution in [3.05, 3.63) is 51.1 Å². The van der Waals surface area contributed by atoms with Gasteiger partial charge in [0.25, 0.3) is 0 Å². The van der Waals surface area contributed by atoms with Crippen molar-refractivity contribution >= 4 is 5.97 Å². The summed E-state index contributed by atoms with van der Waals surface area (Å²) in [6, 6.07) is 0. The zero-order chi connectivity index (χ0) is 28.3. The third-order valence-corrected chi connectivity index (χ3v) is 9.88. The van der Waals surface area contributed by atoms with Crippen LogP contribution in [0.5, 0.6) is 5.75 Å². The normalized spacial score (nSPS) is 29.0. The van der Waals surface area contributed by atoms with Crippen LogP contribution in [0.2, 0.25) is 0 Å². The minimum Gasteiger partial charge on any atom is -0.507 e. The molecule has 0 bridgehead atoms. The quantitative estimate of drug-likeness (QED) is 0.189. The standard InChI is InChI=1S/C33H50O5/c1-9-10-11-14-29(34)38-28-17-19-32(7)26(20-25-30(35)23(5)24(6)37-31(25)36)22(4)15-16-27(32)33(28,8)18-12-13-21(2)3/h13,26-28,35H,4,9-12,14-20H2,1-3,5-8H3/t26-,27-,28+,32-,33+/m1/s1. The fourth-order valence-corrected chi connectivity index (χ4v) is 7.44. The molecule has 0 aliphatic heterocycles. The fraction of sp³-hybridized carbons (Fsp3) is 0.697. The van der Waals surface area contributed by atoms with Crippen LogP contribution >= 0.6 is 0 Å². The van der Waals surface area contributed by atoms with E-state index in [-0.39, 0.29) is 34.6 Å². The second-order valence-corrected chi connectivity index (χ2v) is 12.7. The van der Waals surface area contributed by atoms with Gasteiger partial charge in [0, 0.05) is 17.4 Å². The lowest BCUT2D eigenvalue weighted by molar-refractivity contribution is -0.181. The van der Waals surface area contributed by atoms with Crippen molar-refractivity contribution in [1.29, 1.82) is 0 Å². The number of fused-ring (bicyclic) bond motifs is 1. The Morgan fingerprint density at radius 2 is 1.92 bits per heavy atom. The topological polar surface area (TPSA) is 76.7 Å². The van der Waals surface area contributed by atoms with Gasteiger partial charge in [0.2, 0.25) is 0 Å². The van der Waals surface area contributed by atoms with Gasteiger partial charge in [-0.15, -0.1) is 0 Å². The summed E-state index contributed by atoms with van der Waals surface area (Å²) in [4.78, 5) is 25.7. The van der Waals surface area contributed by atoms with Crippen LogP contribution in [0, 0.1) is 36.5 Å². The van der Waals surface area contributed by atoms with Crippen molar-refractivity contribution in [2.75, 3.05) is 0 Å². The highest BCUT2D eigenvalue weighted by molar-refractivity contribution is 5.69. The largest absolute Gasteiger partial charge is 0.507 e. The first-order valence-electron chi connectivity index (χ1n) is 14.7. The molecular weight excluding hydrogens is 476 g/mol. The van der Waals surface area contributed by atoms with Gasteiger partial charge in [-0.1, -0.05) is 57.4 Å². The summed E-state index contributed by atoms with van der Waals surface area (Å²) in [7, 11) is 0. The number of aryl methyl sites for hydroxylation is 1. The van der Waals surface area contributed by atoms with Crippen molar-refractivity contribution in [3.8, 4) is 5.75 Å². The average Bonchev–Trinajstić information content (AvgIpc) is 2.84. The molecule has 1 heterocycles. The van der Waals surface area contributed by atoms with Gasteiger partial charge in [0.15, 0.2) is 0 Å². The highest BCUT2D eigenvalue weighted by Crippen LogP contribution is 2.63. The maximum Gasteiger partial charge on any atom is 0.342 e. The average molecular weight is 527 g/mol. The van der Waals surface area contributed by atoms with Gasteiger partial charge in [-0.3, -0.25) is 4.79 Å². The maximum atomic E-state index is 12.9. The molecule has 0 spiro atoms. The Bertz CT molecular complexity index is 1110. The third-order valence-electron chi connectivity index (χ3n) is 9.88. The van der Waals surface area contributed by atoms with E-state index in [0.29, 0.717) is 35.6 Å². The zero-order valence-electron chi connectivity index (χ0n) is 24.9. The summed E-state index contributed by atoms with van der Waals surface area (Å²) in [6.45, 7) is 19.0. The monoisotopic (exact) mass is 526 g/mol. The van der Waals surface area contributed by atoms with Gasteiger partial charge in [0.05, 0.1) is 5.56 Å². The number of hydrogen-bond donors (Lipinski definition) is 1. The number of carbonyl (C=O) groups is 1. The van der Waals surface area contributed by atoms with Crippen LogP contribution in [0.3, 0.4) is 0 Å². The van der Waals surface area contributed by atoms with Gasteiger partial charge in [-0.2, -0.15) is 0 Å². The first-order valence-corrected chi connectivity index (χ1v) is 14.7. The predicted molar refractivity (Wildman–Crippen MR) is 153 cm³/mol. The second-order valence-electron chi connectivity index (χ2n) is 12.7. The molecule has 0 unspecified atom stereocenters. The number of carbonyl (C=O) groups excluding carboxylic acids is 1. The van der Waals surface area contributed by atoms with E-state index >= 15 is 0 Å². The predicted octanol–water partition coefficient (Wildman–Crippen LogP) is 8.13. The molecule has 1 N–H and O–H groups in total. The molecule has 38 heavy (non-hydrogen) atoms. The van der Waals surface area contributed by atoms with Crippen LogP contribution in [0.25, 0.3) is 0 Å². The summed E-state index contributed by atoms with van der Waals surface area (Å²) in [5.41, 5.74) is 2.65. The fourth-order valence-electron chi connectivity index (χ4n) is 7.44. The van der Waals surface area contributed by atoms with Crippen LogP contribution < -0.4 is 5.63 Å². The van der Waals surface area contributed by atoms with Crippen LogP contribution in [0.4, 0.5) is 0 Å². The molecule has 2 aliphatic rings. The Kier molecular flexibility index (Phi) is 9.76. The van der Waals surface area contributed by atoms with Crippen molar-refractivity contribution in [2.45, 2.75) is 125 Å². The Morgan fingerprint density at radius 3 is 2.58 bits per heavy atom. The summed E-state index contributed by atoms with van der Waals surface area (Å²) in [5, 5.41) is 10.9. The van der Waals surface area contributed by atoms with E-state index in [9.17, 15) is 14.7 Å². The van der Waals surface area contributed by atoms with Crippen LogP contribution in [0.15, 0.2) is 33.0 Å². The number of aromatic hydroxyl groups is 1. The second kappa shape index (κ2) is 12.3. The lowest BCUT2D eigenvalue weighted by Gasteiger charge is -2.61. The van der Waals surface area contributed by atoms with Crippen molar-refractivity contribution in [1.82, 2.24) is 0 Å². The Balaban J connectivity index is 1.96. The SMILES string of the molecule is C=C1CC[C@H]2[C@](C)(CCC=C(C)C)[C@@H](OC(=O)CCCCC)CC[C@]2(C)[C@@H]1Cc1c(O)c(C)c(C)oc1=O. The molecule has 0 radical (unpaired) electrons. The molecule has 0 aromatic carbocycles. The van der Waals surface area contributed by atoms with E-state index in [1.54, 1.807) is 13.8 Å². The molecule has 2 saturated carbocycles. The van der Waals surface area contributed by atoms with E-state index < -0.39 is 5.63 Å². The van der Waals surface area contributed by atoms with E-state index in [2.05, 4.69) is 47.3 Å². The Morgan fingerprint density at radius 1 is 1.21 bits per heavy atom. The van der Waals surface area contributed by atoms with Gasteiger partial charge in [-0.25, -0.2) is 4.79 Å². The molecule has 2 aliphatic carbocycles. The molecule has 0 saturated heterocycles. The van der Waals surface area contributed by atoms with Crippen molar-refractivity contribution < 1.29 is 19.1 Å². The van der Waals surface area contributed by atoms with Gasteiger partial charge >= 0.3 is 11.6 Å². The molecular formula is C33H50O5.